The van der Waals surface area contributed by atoms with E-state index in [9.17, 15) is 0 Å². The first-order valence-corrected chi connectivity index (χ1v) is 4.63. The molecule has 2 aromatic rings. The predicted octanol–water partition coefficient (Wildman–Crippen LogP) is 3.05. The zero-order valence-electron chi connectivity index (χ0n) is 8.61. The number of nitrogens with zero attached hydrogens (tertiary/aromatic N) is 2. The Morgan fingerprint density at radius 1 is 1.31 bits per heavy atom. The van der Waals surface area contributed by atoms with Crippen LogP contribution in [0.3, 0.4) is 0 Å². The van der Waals surface area contributed by atoms with Gasteiger partial charge in [-0.3, -0.25) is 0 Å². The summed E-state index contributed by atoms with van der Waals surface area (Å²) >= 11 is 0. The molecule has 82 valence electrons. The van der Waals surface area contributed by atoms with Gasteiger partial charge in [-0.25, -0.2) is 0 Å². The molecule has 0 radical (unpaired) electrons. The van der Waals surface area contributed by atoms with E-state index < -0.39 is 0 Å². The van der Waals surface area contributed by atoms with Crippen LogP contribution in [-0.2, 0) is 0 Å². The van der Waals surface area contributed by atoms with E-state index in [1.54, 1.807) is 6.92 Å². The van der Waals surface area contributed by atoms with Crippen molar-refractivity contribution in [1.29, 1.82) is 0 Å². The van der Waals surface area contributed by atoms with Crippen molar-refractivity contribution in [3.05, 3.63) is 35.7 Å². The van der Waals surface area contributed by atoms with Crippen molar-refractivity contribution in [2.45, 2.75) is 21.3 Å². The van der Waals surface area contributed by atoms with E-state index >= 15 is 0 Å². The molecule has 16 heavy (non-hydrogen) atoms. The van der Waals surface area contributed by atoms with Gasteiger partial charge in [-0.1, -0.05) is 24.6 Å². The third-order valence-corrected chi connectivity index (χ3v) is 1.91. The maximum absolute atomic E-state index is 5.07. The molecule has 0 aliphatic carbocycles. The largest absolute Gasteiger partial charge is 0.334 e. The topological polar surface area (TPSA) is 38.9 Å². The molecular formula is C13H14N2O. The summed E-state index contributed by atoms with van der Waals surface area (Å²) in [6.45, 7) is 3.60. The summed E-state index contributed by atoms with van der Waals surface area (Å²) in [7, 11) is 0. The maximum atomic E-state index is 5.07. The molecule has 0 bridgehead atoms. The smallest absolute Gasteiger partial charge is 0.257 e. The SMILES string of the molecule is C.CC#Cc1cccc(-c2nc(C)no2)c1. The zero-order chi connectivity index (χ0) is 10.7. The highest BCUT2D eigenvalue weighted by molar-refractivity contribution is 5.56. The Kier molecular flexibility index (Phi) is 3.84. The second kappa shape index (κ2) is 5.13. The zero-order valence-corrected chi connectivity index (χ0v) is 8.61. The average Bonchev–Trinajstić information content (AvgIpc) is 2.66. The van der Waals surface area contributed by atoms with Gasteiger partial charge in [-0.15, -0.1) is 5.92 Å². The van der Waals surface area contributed by atoms with Crippen LogP contribution < -0.4 is 0 Å². The first kappa shape index (κ1) is 12.0. The molecule has 0 spiro atoms. The first-order valence-electron chi connectivity index (χ1n) is 4.63. The molecule has 0 amide bonds. The molecular weight excluding hydrogens is 200 g/mol. The molecule has 0 saturated carbocycles. The first-order chi connectivity index (χ1) is 7.29. The van der Waals surface area contributed by atoms with Crippen LogP contribution in [0.15, 0.2) is 28.8 Å². The average molecular weight is 214 g/mol. The van der Waals surface area contributed by atoms with Crippen molar-refractivity contribution < 1.29 is 4.52 Å². The van der Waals surface area contributed by atoms with Gasteiger partial charge in [0, 0.05) is 11.1 Å². The van der Waals surface area contributed by atoms with Gasteiger partial charge >= 0.3 is 0 Å². The van der Waals surface area contributed by atoms with E-state index in [1.807, 2.05) is 31.2 Å². The lowest BCUT2D eigenvalue weighted by molar-refractivity contribution is 0.425. The lowest BCUT2D eigenvalue weighted by Gasteiger charge is -1.94. The standard InChI is InChI=1S/C12H10N2O.CH4/c1-3-5-10-6-4-7-11(8-10)12-13-9(2)14-15-12;/h4,6-8H,1-2H3;1H4. The Labute approximate surface area is 95.5 Å². The lowest BCUT2D eigenvalue weighted by atomic mass is 10.1. The predicted molar refractivity (Wildman–Crippen MR) is 63.8 cm³/mol. The number of hydrogen-bond acceptors (Lipinski definition) is 3. The molecule has 2 rings (SSSR count). The number of hydrogen-bond donors (Lipinski definition) is 0. The Balaban J connectivity index is 0.00000128. The van der Waals surface area contributed by atoms with Crippen molar-refractivity contribution in [2.75, 3.05) is 0 Å². The Morgan fingerprint density at radius 3 is 2.75 bits per heavy atom. The molecule has 0 aliphatic rings. The highest BCUT2D eigenvalue weighted by Gasteiger charge is 2.05. The Morgan fingerprint density at radius 2 is 2.12 bits per heavy atom. The summed E-state index contributed by atoms with van der Waals surface area (Å²) in [5.41, 5.74) is 1.85. The maximum Gasteiger partial charge on any atom is 0.257 e. The van der Waals surface area contributed by atoms with Gasteiger partial charge in [0.15, 0.2) is 5.82 Å². The van der Waals surface area contributed by atoms with E-state index in [0.717, 1.165) is 11.1 Å². The van der Waals surface area contributed by atoms with Crippen LogP contribution >= 0.6 is 0 Å². The molecule has 1 aromatic carbocycles. The van der Waals surface area contributed by atoms with Crippen LogP contribution in [0.4, 0.5) is 0 Å². The van der Waals surface area contributed by atoms with Crippen LogP contribution in [-0.4, -0.2) is 10.1 Å². The van der Waals surface area contributed by atoms with Crippen LogP contribution in [0.25, 0.3) is 11.5 Å². The van der Waals surface area contributed by atoms with Crippen LogP contribution in [0, 0.1) is 18.8 Å². The molecule has 0 aliphatic heterocycles. The van der Waals surface area contributed by atoms with Crippen molar-refractivity contribution >= 4 is 0 Å². The van der Waals surface area contributed by atoms with E-state index in [4.69, 9.17) is 4.52 Å². The third-order valence-electron chi connectivity index (χ3n) is 1.91. The van der Waals surface area contributed by atoms with Gasteiger partial charge in [0.05, 0.1) is 0 Å². The van der Waals surface area contributed by atoms with E-state index in [1.165, 1.54) is 0 Å². The number of rotatable bonds is 1. The van der Waals surface area contributed by atoms with Crippen LogP contribution in [0.1, 0.15) is 25.7 Å². The fraction of sp³-hybridized carbons (Fsp3) is 0.231. The van der Waals surface area contributed by atoms with Gasteiger partial charge in [0.1, 0.15) is 0 Å². The third kappa shape index (κ3) is 2.48. The van der Waals surface area contributed by atoms with E-state index in [2.05, 4.69) is 22.0 Å². The highest BCUT2D eigenvalue weighted by Crippen LogP contribution is 2.17. The summed E-state index contributed by atoms with van der Waals surface area (Å²) in [4.78, 5) is 4.16. The minimum atomic E-state index is 0. The number of aryl methyl sites for hydroxylation is 1. The molecule has 3 nitrogen and oxygen atoms in total. The summed E-state index contributed by atoms with van der Waals surface area (Å²) in [5, 5.41) is 3.75. The quantitative estimate of drug-likeness (QED) is 0.685. The Bertz CT molecular complexity index is 532. The van der Waals surface area contributed by atoms with Crippen molar-refractivity contribution in [2.24, 2.45) is 0 Å². The summed E-state index contributed by atoms with van der Waals surface area (Å²) in [5.74, 6) is 7.01. The Hall–Kier alpha value is -2.08. The van der Waals surface area contributed by atoms with Gasteiger partial charge in [-0.2, -0.15) is 4.98 Å². The number of aromatic nitrogens is 2. The molecule has 0 unspecified atom stereocenters. The van der Waals surface area contributed by atoms with Gasteiger partial charge < -0.3 is 4.52 Å². The molecule has 0 saturated heterocycles. The minimum Gasteiger partial charge on any atom is -0.334 e. The van der Waals surface area contributed by atoms with Gasteiger partial charge in [0.25, 0.3) is 5.89 Å². The molecule has 0 fully saturated rings. The fourth-order valence-electron chi connectivity index (χ4n) is 1.29. The fourth-order valence-corrected chi connectivity index (χ4v) is 1.29. The lowest BCUT2D eigenvalue weighted by Crippen LogP contribution is -1.80. The minimum absolute atomic E-state index is 0. The summed E-state index contributed by atoms with van der Waals surface area (Å²) in [6, 6.07) is 7.73. The van der Waals surface area contributed by atoms with Gasteiger partial charge in [-0.05, 0) is 32.0 Å². The molecule has 0 atom stereocenters. The molecule has 1 heterocycles. The summed E-state index contributed by atoms with van der Waals surface area (Å²) in [6.07, 6.45) is 0. The van der Waals surface area contributed by atoms with Gasteiger partial charge in [0.2, 0.25) is 0 Å². The molecule has 0 N–H and O–H groups in total. The normalized spacial score (nSPS) is 8.88. The van der Waals surface area contributed by atoms with Crippen LogP contribution in [0.2, 0.25) is 0 Å². The van der Waals surface area contributed by atoms with Crippen molar-refractivity contribution in [3.63, 3.8) is 0 Å². The summed E-state index contributed by atoms with van der Waals surface area (Å²) < 4.78 is 5.07. The molecule has 1 aromatic heterocycles. The van der Waals surface area contributed by atoms with Crippen molar-refractivity contribution in [3.8, 4) is 23.3 Å². The monoisotopic (exact) mass is 214 g/mol. The van der Waals surface area contributed by atoms with Crippen molar-refractivity contribution in [1.82, 2.24) is 10.1 Å². The highest BCUT2D eigenvalue weighted by atomic mass is 16.5. The van der Waals surface area contributed by atoms with Crippen LogP contribution in [0.5, 0.6) is 0 Å². The second-order valence-electron chi connectivity index (χ2n) is 3.10. The van der Waals surface area contributed by atoms with E-state index in [-0.39, 0.29) is 7.43 Å². The molecule has 3 heteroatoms. The van der Waals surface area contributed by atoms with E-state index in [0.29, 0.717) is 11.7 Å². The second-order valence-corrected chi connectivity index (χ2v) is 3.10. The number of benzene rings is 1.